The van der Waals surface area contributed by atoms with E-state index in [-0.39, 0.29) is 17.6 Å². The number of nitrogens with zero attached hydrogens (tertiary/aromatic N) is 2. The molecule has 96 valence electrons. The van der Waals surface area contributed by atoms with E-state index in [1.165, 1.54) is 0 Å². The van der Waals surface area contributed by atoms with Crippen molar-refractivity contribution in [2.24, 2.45) is 0 Å². The van der Waals surface area contributed by atoms with Gasteiger partial charge in [0, 0.05) is 5.92 Å². The number of aromatic nitrogens is 2. The van der Waals surface area contributed by atoms with Gasteiger partial charge in [0.1, 0.15) is 5.75 Å². The van der Waals surface area contributed by atoms with Crippen LogP contribution in [0.4, 0.5) is 0 Å². The van der Waals surface area contributed by atoms with Crippen LogP contribution in [0.15, 0.2) is 22.6 Å². The van der Waals surface area contributed by atoms with Gasteiger partial charge >= 0.3 is 0 Å². The standard InChI is InChI=1S/C14H18N2O2/c1-8(2)10-6-5-7-11(17)12(10)14-16-15-13(18-14)9(3)4/h5-9,17H,1-4H3. The maximum atomic E-state index is 10.0. The van der Waals surface area contributed by atoms with Crippen LogP contribution in [0.1, 0.15) is 51.0 Å². The third-order valence-electron chi connectivity index (χ3n) is 2.85. The Morgan fingerprint density at radius 2 is 1.78 bits per heavy atom. The van der Waals surface area contributed by atoms with Gasteiger partial charge in [-0.05, 0) is 17.5 Å². The first-order valence-electron chi connectivity index (χ1n) is 6.16. The summed E-state index contributed by atoms with van der Waals surface area (Å²) in [4.78, 5) is 0. The van der Waals surface area contributed by atoms with Gasteiger partial charge in [-0.3, -0.25) is 0 Å². The van der Waals surface area contributed by atoms with Crippen molar-refractivity contribution < 1.29 is 9.52 Å². The molecule has 4 heteroatoms. The van der Waals surface area contributed by atoms with Crippen LogP contribution in [0.25, 0.3) is 11.5 Å². The largest absolute Gasteiger partial charge is 0.507 e. The second kappa shape index (κ2) is 4.80. The van der Waals surface area contributed by atoms with Gasteiger partial charge in [-0.1, -0.05) is 39.8 Å². The first-order valence-corrected chi connectivity index (χ1v) is 6.16. The Kier molecular flexibility index (Phi) is 3.36. The Bertz CT molecular complexity index is 544. The molecule has 0 aliphatic heterocycles. The molecule has 0 radical (unpaired) electrons. The highest BCUT2D eigenvalue weighted by molar-refractivity contribution is 5.67. The van der Waals surface area contributed by atoms with E-state index < -0.39 is 0 Å². The van der Waals surface area contributed by atoms with Crippen LogP contribution < -0.4 is 0 Å². The zero-order valence-corrected chi connectivity index (χ0v) is 11.1. The van der Waals surface area contributed by atoms with Crippen LogP contribution in [0.2, 0.25) is 0 Å². The molecule has 2 aromatic rings. The minimum Gasteiger partial charge on any atom is -0.507 e. The Morgan fingerprint density at radius 1 is 1.06 bits per heavy atom. The number of phenolic OH excluding ortho intramolecular Hbond substituents is 1. The number of phenols is 1. The van der Waals surface area contributed by atoms with Crippen molar-refractivity contribution in [1.29, 1.82) is 0 Å². The molecule has 0 bridgehead atoms. The van der Waals surface area contributed by atoms with Crippen LogP contribution in [-0.4, -0.2) is 15.3 Å². The lowest BCUT2D eigenvalue weighted by Gasteiger charge is -2.11. The number of aromatic hydroxyl groups is 1. The smallest absolute Gasteiger partial charge is 0.251 e. The van der Waals surface area contributed by atoms with Gasteiger partial charge < -0.3 is 9.52 Å². The molecular formula is C14H18N2O2. The fraction of sp³-hybridized carbons (Fsp3) is 0.429. The lowest BCUT2D eigenvalue weighted by molar-refractivity contribution is 0.460. The molecular weight excluding hydrogens is 228 g/mol. The predicted octanol–water partition coefficient (Wildman–Crippen LogP) is 3.69. The number of hydrogen-bond acceptors (Lipinski definition) is 4. The summed E-state index contributed by atoms with van der Waals surface area (Å²) in [6, 6.07) is 5.44. The first-order chi connectivity index (χ1) is 8.50. The van der Waals surface area contributed by atoms with Crippen LogP contribution in [0.3, 0.4) is 0 Å². The predicted molar refractivity (Wildman–Crippen MR) is 69.6 cm³/mol. The fourth-order valence-corrected chi connectivity index (χ4v) is 1.84. The summed E-state index contributed by atoms with van der Waals surface area (Å²) >= 11 is 0. The summed E-state index contributed by atoms with van der Waals surface area (Å²) in [5.41, 5.74) is 1.65. The van der Waals surface area contributed by atoms with Crippen LogP contribution in [0, 0.1) is 0 Å². The van der Waals surface area contributed by atoms with Crippen molar-refractivity contribution in [2.75, 3.05) is 0 Å². The molecule has 0 aliphatic rings. The second-order valence-electron chi connectivity index (χ2n) is 5.00. The van der Waals surface area contributed by atoms with Crippen LogP contribution in [0.5, 0.6) is 5.75 Å². The van der Waals surface area contributed by atoms with Crippen molar-refractivity contribution in [3.05, 3.63) is 29.7 Å². The highest BCUT2D eigenvalue weighted by atomic mass is 16.4. The Morgan fingerprint density at radius 3 is 2.33 bits per heavy atom. The van der Waals surface area contributed by atoms with Gasteiger partial charge in [-0.15, -0.1) is 10.2 Å². The zero-order chi connectivity index (χ0) is 13.3. The van der Waals surface area contributed by atoms with E-state index in [2.05, 4.69) is 24.0 Å². The lowest BCUT2D eigenvalue weighted by atomic mass is 9.96. The van der Waals surface area contributed by atoms with Crippen molar-refractivity contribution in [1.82, 2.24) is 10.2 Å². The minimum atomic E-state index is 0.180. The second-order valence-corrected chi connectivity index (χ2v) is 5.00. The molecule has 1 N–H and O–H groups in total. The molecule has 18 heavy (non-hydrogen) atoms. The molecule has 0 atom stereocenters. The number of hydrogen-bond donors (Lipinski definition) is 1. The zero-order valence-electron chi connectivity index (χ0n) is 11.1. The average molecular weight is 246 g/mol. The molecule has 0 unspecified atom stereocenters. The summed E-state index contributed by atoms with van der Waals surface area (Å²) < 4.78 is 5.62. The molecule has 0 aliphatic carbocycles. The van der Waals surface area contributed by atoms with E-state index in [1.54, 1.807) is 6.07 Å². The maximum absolute atomic E-state index is 10.0. The monoisotopic (exact) mass is 246 g/mol. The van der Waals surface area contributed by atoms with E-state index >= 15 is 0 Å². The summed E-state index contributed by atoms with van der Waals surface area (Å²) in [5.74, 6) is 1.62. The van der Waals surface area contributed by atoms with E-state index in [0.717, 1.165) is 5.56 Å². The summed E-state index contributed by atoms with van der Waals surface area (Å²) in [7, 11) is 0. The SMILES string of the molecule is CC(C)c1nnc(-c2c(O)cccc2C(C)C)o1. The van der Waals surface area contributed by atoms with E-state index in [4.69, 9.17) is 4.42 Å². The van der Waals surface area contributed by atoms with E-state index in [0.29, 0.717) is 17.3 Å². The third-order valence-corrected chi connectivity index (χ3v) is 2.85. The van der Waals surface area contributed by atoms with Gasteiger partial charge in [-0.25, -0.2) is 0 Å². The number of rotatable bonds is 3. The minimum absolute atomic E-state index is 0.180. The van der Waals surface area contributed by atoms with Gasteiger partial charge in [0.05, 0.1) is 5.56 Å². The molecule has 0 fully saturated rings. The molecule has 2 rings (SSSR count). The molecule has 1 aromatic carbocycles. The van der Waals surface area contributed by atoms with Crippen molar-refractivity contribution in [3.8, 4) is 17.2 Å². The highest BCUT2D eigenvalue weighted by Crippen LogP contribution is 2.36. The van der Waals surface area contributed by atoms with Crippen LogP contribution >= 0.6 is 0 Å². The topological polar surface area (TPSA) is 59.2 Å². The number of benzene rings is 1. The molecule has 0 saturated heterocycles. The van der Waals surface area contributed by atoms with Gasteiger partial charge in [0.2, 0.25) is 5.89 Å². The quantitative estimate of drug-likeness (QED) is 0.897. The summed E-state index contributed by atoms with van der Waals surface area (Å²) in [6.45, 7) is 8.12. The van der Waals surface area contributed by atoms with Gasteiger partial charge in [0.25, 0.3) is 5.89 Å². The van der Waals surface area contributed by atoms with E-state index in [1.807, 2.05) is 26.0 Å². The average Bonchev–Trinajstić information content (AvgIpc) is 2.77. The fourth-order valence-electron chi connectivity index (χ4n) is 1.84. The highest BCUT2D eigenvalue weighted by Gasteiger charge is 2.19. The summed E-state index contributed by atoms with van der Waals surface area (Å²) in [6.07, 6.45) is 0. The molecule has 0 amide bonds. The Balaban J connectivity index is 2.55. The van der Waals surface area contributed by atoms with Crippen molar-refractivity contribution in [3.63, 3.8) is 0 Å². The van der Waals surface area contributed by atoms with E-state index in [9.17, 15) is 5.11 Å². The molecule has 4 nitrogen and oxygen atoms in total. The van der Waals surface area contributed by atoms with Crippen LogP contribution in [-0.2, 0) is 0 Å². The van der Waals surface area contributed by atoms with Gasteiger partial charge in [-0.2, -0.15) is 0 Å². The van der Waals surface area contributed by atoms with Crippen molar-refractivity contribution in [2.45, 2.75) is 39.5 Å². The maximum Gasteiger partial charge on any atom is 0.251 e. The Labute approximate surface area is 107 Å². The summed E-state index contributed by atoms with van der Waals surface area (Å²) in [5, 5.41) is 18.1. The molecule has 0 saturated carbocycles. The van der Waals surface area contributed by atoms with Gasteiger partial charge in [0.15, 0.2) is 0 Å². The normalized spacial score (nSPS) is 11.4. The first kappa shape index (κ1) is 12.6. The third kappa shape index (κ3) is 2.23. The Hall–Kier alpha value is -1.84. The lowest BCUT2D eigenvalue weighted by Crippen LogP contribution is -1.93. The molecule has 1 aromatic heterocycles. The molecule has 0 spiro atoms. The van der Waals surface area contributed by atoms with Crippen molar-refractivity contribution >= 4 is 0 Å². The molecule has 1 heterocycles.